The highest BCUT2D eigenvalue weighted by Crippen LogP contribution is 2.34. The molecule has 0 saturated carbocycles. The molecule has 112 valence electrons. The summed E-state index contributed by atoms with van der Waals surface area (Å²) < 4.78 is 5.07. The first kappa shape index (κ1) is 15.7. The summed E-state index contributed by atoms with van der Waals surface area (Å²) in [4.78, 5) is 23.9. The molecule has 1 fully saturated rings. The maximum absolute atomic E-state index is 12.2. The number of nitrogens with one attached hydrogen (secondary N) is 2. The number of urea groups is 1. The third-order valence-electron chi connectivity index (χ3n) is 3.11. The predicted octanol–water partition coefficient (Wildman–Crippen LogP) is 2.95. The summed E-state index contributed by atoms with van der Waals surface area (Å²) in [5, 5.41) is 5.65. The molecule has 1 aliphatic rings. The average molecular weight is 329 g/mol. The van der Waals surface area contributed by atoms with Gasteiger partial charge in [0.1, 0.15) is 5.92 Å². The predicted molar refractivity (Wildman–Crippen MR) is 79.9 cm³/mol. The van der Waals surface area contributed by atoms with E-state index in [4.69, 9.17) is 27.9 Å². The zero-order valence-corrected chi connectivity index (χ0v) is 12.7. The van der Waals surface area contributed by atoms with Gasteiger partial charge in [-0.25, -0.2) is 4.79 Å². The number of amides is 2. The van der Waals surface area contributed by atoms with E-state index in [2.05, 4.69) is 10.6 Å². The number of benzene rings is 1. The van der Waals surface area contributed by atoms with E-state index in [1.165, 1.54) is 5.54 Å². The first-order valence-electron chi connectivity index (χ1n) is 6.37. The van der Waals surface area contributed by atoms with Gasteiger partial charge in [0.05, 0.1) is 12.6 Å². The van der Waals surface area contributed by atoms with Gasteiger partial charge in [0.15, 0.2) is 0 Å². The number of carbonyl (C=O) groups is 2. The van der Waals surface area contributed by atoms with Crippen LogP contribution in [0.3, 0.4) is 0 Å². The van der Waals surface area contributed by atoms with Crippen LogP contribution in [0.25, 0.3) is 0 Å². The molecular formula is C14H14Cl2N2O3. The molecule has 0 aromatic heterocycles. The number of halogens is 2. The van der Waals surface area contributed by atoms with Gasteiger partial charge in [0.25, 0.3) is 0 Å². The highest BCUT2D eigenvalue weighted by molar-refractivity contribution is 6.31. The average Bonchev–Trinajstić information content (AvgIpc) is 2.46. The number of carbonyl (C=O) groups excluding carboxylic acids is 2. The lowest BCUT2D eigenvalue weighted by molar-refractivity contribution is -0.147. The standard InChI is InChI=1S/C14H14Cl2N2O3/c1-2-21-13(19)11-10(7-15)17-14(20)18-12(11)8-5-3-4-6-9(8)16/h3-7,11-12H,2H2,1H3,(H2,17,18,20). The summed E-state index contributed by atoms with van der Waals surface area (Å²) in [7, 11) is 0. The summed E-state index contributed by atoms with van der Waals surface area (Å²) in [6.07, 6.45) is 0. The van der Waals surface area contributed by atoms with Gasteiger partial charge in [0.2, 0.25) is 0 Å². The summed E-state index contributed by atoms with van der Waals surface area (Å²) in [6.45, 7) is 1.94. The molecule has 1 aromatic carbocycles. The van der Waals surface area contributed by atoms with Gasteiger partial charge in [-0.2, -0.15) is 0 Å². The Morgan fingerprint density at radius 3 is 2.76 bits per heavy atom. The van der Waals surface area contributed by atoms with Crippen LogP contribution >= 0.6 is 23.2 Å². The van der Waals surface area contributed by atoms with Crippen molar-refractivity contribution in [2.45, 2.75) is 13.0 Å². The van der Waals surface area contributed by atoms with Gasteiger partial charge in [0, 0.05) is 16.3 Å². The quantitative estimate of drug-likeness (QED) is 0.838. The largest absolute Gasteiger partial charge is 0.465 e. The maximum Gasteiger partial charge on any atom is 0.319 e. The molecule has 7 heteroatoms. The molecule has 0 spiro atoms. The molecule has 2 atom stereocenters. The molecular weight excluding hydrogens is 315 g/mol. The van der Waals surface area contributed by atoms with Gasteiger partial charge < -0.3 is 15.4 Å². The van der Waals surface area contributed by atoms with Gasteiger partial charge >= 0.3 is 12.0 Å². The zero-order chi connectivity index (χ0) is 15.4. The van der Waals surface area contributed by atoms with Crippen LogP contribution in [0.15, 0.2) is 35.5 Å². The Morgan fingerprint density at radius 1 is 1.43 bits per heavy atom. The van der Waals surface area contributed by atoms with Crippen molar-refractivity contribution in [2.24, 2.45) is 5.92 Å². The Hall–Kier alpha value is -1.72. The minimum absolute atomic E-state index is 0.230. The second-order valence-corrected chi connectivity index (χ2v) is 5.02. The Morgan fingerprint density at radius 2 is 2.14 bits per heavy atom. The van der Waals surface area contributed by atoms with Crippen LogP contribution in [0, 0.1) is 5.92 Å². The van der Waals surface area contributed by atoms with Gasteiger partial charge in [-0.3, -0.25) is 4.79 Å². The summed E-state index contributed by atoms with van der Waals surface area (Å²) in [5.41, 5.74) is 2.08. The van der Waals surface area contributed by atoms with E-state index < -0.39 is 24.0 Å². The lowest BCUT2D eigenvalue weighted by atomic mass is 9.89. The fraction of sp³-hybridized carbons (Fsp3) is 0.286. The lowest BCUT2D eigenvalue weighted by Gasteiger charge is -2.33. The SMILES string of the molecule is CCOC(=O)C1C(=CCl)NC(=O)NC1c1ccccc1Cl. The van der Waals surface area contributed by atoms with Gasteiger partial charge in [-0.15, -0.1) is 0 Å². The van der Waals surface area contributed by atoms with Crippen molar-refractivity contribution in [2.75, 3.05) is 6.61 Å². The Kier molecular flexibility index (Phi) is 5.09. The van der Waals surface area contributed by atoms with E-state index in [1.54, 1.807) is 31.2 Å². The number of hydrogen-bond acceptors (Lipinski definition) is 3. The maximum atomic E-state index is 12.2. The van der Waals surface area contributed by atoms with E-state index >= 15 is 0 Å². The smallest absolute Gasteiger partial charge is 0.319 e. The van der Waals surface area contributed by atoms with Crippen LogP contribution in [0.2, 0.25) is 5.02 Å². The van der Waals surface area contributed by atoms with Crippen molar-refractivity contribution in [3.05, 3.63) is 46.1 Å². The normalized spacial score (nSPS) is 23.4. The Labute approximate surface area is 132 Å². The van der Waals surface area contributed by atoms with E-state index in [1.807, 2.05) is 0 Å². The Bertz CT molecular complexity index is 589. The minimum Gasteiger partial charge on any atom is -0.465 e. The van der Waals surface area contributed by atoms with Crippen LogP contribution in [-0.2, 0) is 9.53 Å². The topological polar surface area (TPSA) is 67.4 Å². The number of hydrogen-bond donors (Lipinski definition) is 2. The third-order valence-corrected chi connectivity index (χ3v) is 3.69. The third kappa shape index (κ3) is 3.31. The summed E-state index contributed by atoms with van der Waals surface area (Å²) >= 11 is 11.9. The molecule has 5 nitrogen and oxygen atoms in total. The summed E-state index contributed by atoms with van der Waals surface area (Å²) in [5.74, 6) is -1.26. The molecule has 21 heavy (non-hydrogen) atoms. The van der Waals surface area contributed by atoms with Crippen molar-refractivity contribution in [1.29, 1.82) is 0 Å². The molecule has 1 aliphatic heterocycles. The summed E-state index contributed by atoms with van der Waals surface area (Å²) in [6, 6.07) is 5.89. The minimum atomic E-state index is -0.778. The molecule has 2 N–H and O–H groups in total. The van der Waals surface area contributed by atoms with Gasteiger partial charge in [-0.1, -0.05) is 41.4 Å². The van der Waals surface area contributed by atoms with Crippen LogP contribution < -0.4 is 10.6 Å². The van der Waals surface area contributed by atoms with Crippen molar-refractivity contribution in [3.63, 3.8) is 0 Å². The molecule has 1 aromatic rings. The van der Waals surface area contributed by atoms with Crippen LogP contribution in [0.5, 0.6) is 0 Å². The van der Waals surface area contributed by atoms with E-state index in [0.29, 0.717) is 10.6 Å². The Balaban J connectivity index is 2.45. The zero-order valence-electron chi connectivity index (χ0n) is 11.2. The molecule has 2 unspecified atom stereocenters. The van der Waals surface area contributed by atoms with E-state index in [-0.39, 0.29) is 12.3 Å². The van der Waals surface area contributed by atoms with E-state index in [9.17, 15) is 9.59 Å². The van der Waals surface area contributed by atoms with Crippen LogP contribution in [0.1, 0.15) is 18.5 Å². The first-order valence-corrected chi connectivity index (χ1v) is 7.18. The first-order chi connectivity index (χ1) is 10.1. The fourth-order valence-corrected chi connectivity index (χ4v) is 2.67. The highest BCUT2D eigenvalue weighted by atomic mass is 35.5. The van der Waals surface area contributed by atoms with Crippen LogP contribution in [0.4, 0.5) is 4.79 Å². The lowest BCUT2D eigenvalue weighted by Crippen LogP contribution is -2.51. The van der Waals surface area contributed by atoms with Gasteiger partial charge in [-0.05, 0) is 18.6 Å². The van der Waals surface area contributed by atoms with E-state index in [0.717, 1.165) is 0 Å². The molecule has 0 bridgehead atoms. The van der Waals surface area contributed by atoms with Crippen molar-refractivity contribution in [1.82, 2.24) is 10.6 Å². The second kappa shape index (κ2) is 6.83. The molecule has 2 rings (SSSR count). The number of esters is 1. The molecule has 1 heterocycles. The molecule has 1 saturated heterocycles. The molecule has 0 radical (unpaired) electrons. The van der Waals surface area contributed by atoms with Crippen molar-refractivity contribution in [3.8, 4) is 0 Å². The fourth-order valence-electron chi connectivity index (χ4n) is 2.22. The highest BCUT2D eigenvalue weighted by Gasteiger charge is 2.40. The number of ether oxygens (including phenoxy) is 1. The number of rotatable bonds is 3. The van der Waals surface area contributed by atoms with Crippen molar-refractivity contribution < 1.29 is 14.3 Å². The molecule has 2 amide bonds. The monoisotopic (exact) mass is 328 g/mol. The van der Waals surface area contributed by atoms with Crippen LogP contribution in [-0.4, -0.2) is 18.6 Å². The second-order valence-electron chi connectivity index (χ2n) is 4.39. The van der Waals surface area contributed by atoms with Crippen molar-refractivity contribution >= 4 is 35.2 Å². The molecule has 0 aliphatic carbocycles.